The topological polar surface area (TPSA) is 270 Å². The van der Waals surface area contributed by atoms with Gasteiger partial charge >= 0.3 is 7.60 Å². The second-order valence-corrected chi connectivity index (χ2v) is 13.4. The summed E-state index contributed by atoms with van der Waals surface area (Å²) < 4.78 is 67.3. The van der Waals surface area contributed by atoms with Gasteiger partial charge in [0.25, 0.3) is 0 Å². The van der Waals surface area contributed by atoms with Crippen LogP contribution >= 0.6 is 7.60 Å². The summed E-state index contributed by atoms with van der Waals surface area (Å²) in [6.07, 6.45) is -5.46. The van der Waals surface area contributed by atoms with E-state index in [0.717, 1.165) is 0 Å². The zero-order valence-corrected chi connectivity index (χ0v) is 31.3. The van der Waals surface area contributed by atoms with Crippen LogP contribution < -0.4 is 5.32 Å². The molecule has 1 fully saturated rings. The Bertz CT molecular complexity index is 1100. The summed E-state index contributed by atoms with van der Waals surface area (Å²) in [6.45, 7) is 7.47. The highest BCUT2D eigenvalue weighted by atomic mass is 31.2. The molecular weight excluding hydrogens is 731 g/mol. The molecule has 1 aromatic heterocycles. The molecule has 21 nitrogen and oxygen atoms in total. The van der Waals surface area contributed by atoms with Gasteiger partial charge in [-0.2, -0.15) is 0 Å². The number of aliphatic hydroxyl groups is 3. The molecule has 1 amide bonds. The van der Waals surface area contributed by atoms with Crippen LogP contribution in [0, 0.1) is 0 Å². The molecule has 1 aromatic rings. The van der Waals surface area contributed by atoms with E-state index < -0.39 is 44.5 Å². The molecule has 0 spiro atoms. The van der Waals surface area contributed by atoms with Gasteiger partial charge in [0.1, 0.15) is 18.3 Å². The van der Waals surface area contributed by atoms with Gasteiger partial charge in [-0.3, -0.25) is 9.36 Å². The second kappa shape index (κ2) is 29.5. The highest BCUT2D eigenvalue weighted by Gasteiger charge is 2.44. The van der Waals surface area contributed by atoms with Gasteiger partial charge in [-0.15, -0.1) is 5.10 Å². The van der Waals surface area contributed by atoms with Crippen molar-refractivity contribution in [2.24, 2.45) is 0 Å². The molecule has 0 aromatic carbocycles. The van der Waals surface area contributed by atoms with Crippen LogP contribution in [0.25, 0.3) is 0 Å². The predicted molar refractivity (Wildman–Crippen MR) is 183 cm³/mol. The SMILES string of the molecule is CNC(=O)CCOCCOCCOCCOCCOCCOCCOCCOCCn1cc(CCO[C@H]2O[C@H](CCP(=O)(O)O)[C@@H](O)[C@H](O)[C@@H]2O)nn1. The minimum atomic E-state index is -4.33. The van der Waals surface area contributed by atoms with Crippen molar-refractivity contribution in [1.82, 2.24) is 20.3 Å². The van der Waals surface area contributed by atoms with E-state index in [1.165, 1.54) is 0 Å². The second-order valence-electron chi connectivity index (χ2n) is 11.6. The van der Waals surface area contributed by atoms with Gasteiger partial charge in [-0.05, 0) is 6.42 Å². The van der Waals surface area contributed by atoms with E-state index in [4.69, 9.17) is 57.2 Å². The molecular formula is C31H59N4O17P. The van der Waals surface area contributed by atoms with E-state index in [2.05, 4.69) is 15.6 Å². The van der Waals surface area contributed by atoms with Crippen molar-refractivity contribution in [1.29, 1.82) is 0 Å². The summed E-state index contributed by atoms with van der Waals surface area (Å²) in [5.41, 5.74) is 0.604. The summed E-state index contributed by atoms with van der Waals surface area (Å²) in [5.74, 6) is -0.0518. The molecule has 1 aliphatic heterocycles. The molecule has 5 atom stereocenters. The Kier molecular flexibility index (Phi) is 26.4. The predicted octanol–water partition coefficient (Wildman–Crippen LogP) is -2.52. The Morgan fingerprint density at radius 3 is 1.68 bits per heavy atom. The first-order valence-corrected chi connectivity index (χ1v) is 19.5. The molecule has 0 aliphatic carbocycles. The molecule has 1 aliphatic rings. The third kappa shape index (κ3) is 23.7. The smallest absolute Gasteiger partial charge is 0.325 e. The zero-order valence-electron chi connectivity index (χ0n) is 30.4. The van der Waals surface area contributed by atoms with Crippen molar-refractivity contribution in [3.8, 4) is 0 Å². The fourth-order valence-corrected chi connectivity index (χ4v) is 5.11. The van der Waals surface area contributed by atoms with E-state index in [1.807, 2.05) is 0 Å². The Morgan fingerprint density at radius 1 is 0.736 bits per heavy atom. The normalized spacial score (nSPS) is 20.6. The summed E-state index contributed by atoms with van der Waals surface area (Å²) >= 11 is 0. The first kappa shape index (κ1) is 47.4. The minimum Gasteiger partial charge on any atom is -0.388 e. The van der Waals surface area contributed by atoms with Crippen molar-refractivity contribution in [3.63, 3.8) is 0 Å². The van der Waals surface area contributed by atoms with E-state index in [-0.39, 0.29) is 18.9 Å². The number of nitrogens with zero attached hydrogens (tertiary/aromatic N) is 3. The fraction of sp³-hybridized carbons (Fsp3) is 0.903. The number of ether oxygens (including phenoxy) is 10. The number of aromatic nitrogens is 3. The summed E-state index contributed by atoms with van der Waals surface area (Å²) in [4.78, 5) is 29.2. The number of carbonyl (C=O) groups excluding carboxylic acids is 1. The Hall–Kier alpha value is -1.76. The van der Waals surface area contributed by atoms with Crippen LogP contribution in [0.5, 0.6) is 0 Å². The van der Waals surface area contributed by atoms with Crippen LogP contribution in [0.15, 0.2) is 6.20 Å². The molecule has 0 radical (unpaired) electrons. The van der Waals surface area contributed by atoms with E-state index in [9.17, 15) is 24.7 Å². The van der Waals surface area contributed by atoms with Crippen molar-refractivity contribution in [2.75, 3.05) is 126 Å². The van der Waals surface area contributed by atoms with Crippen molar-refractivity contribution in [2.45, 2.75) is 56.5 Å². The first-order valence-electron chi connectivity index (χ1n) is 17.7. The maximum absolute atomic E-state index is 11.2. The molecule has 53 heavy (non-hydrogen) atoms. The number of hydrogen-bond donors (Lipinski definition) is 6. The van der Waals surface area contributed by atoms with Crippen LogP contribution in [-0.2, 0) is 69.7 Å². The lowest BCUT2D eigenvalue weighted by atomic mass is 9.97. The molecule has 2 heterocycles. The first-order chi connectivity index (χ1) is 25.6. The number of amides is 1. The molecule has 0 saturated carbocycles. The van der Waals surface area contributed by atoms with Gasteiger partial charge in [0.05, 0.1) is 137 Å². The number of rotatable bonds is 34. The van der Waals surface area contributed by atoms with Crippen LogP contribution in [0.1, 0.15) is 18.5 Å². The zero-order chi connectivity index (χ0) is 38.6. The number of carbonyl (C=O) groups is 1. The van der Waals surface area contributed by atoms with Crippen LogP contribution in [0.4, 0.5) is 0 Å². The van der Waals surface area contributed by atoms with Crippen molar-refractivity contribution in [3.05, 3.63) is 11.9 Å². The molecule has 310 valence electrons. The number of aliphatic hydroxyl groups excluding tert-OH is 3. The third-order valence-corrected chi connectivity index (χ3v) is 8.26. The van der Waals surface area contributed by atoms with Gasteiger partial charge in [-0.1, -0.05) is 5.21 Å². The Balaban J connectivity index is 1.32. The number of hydrogen-bond acceptors (Lipinski definition) is 17. The Labute approximate surface area is 309 Å². The summed E-state index contributed by atoms with van der Waals surface area (Å²) in [5, 5.41) is 41.0. The molecule has 6 N–H and O–H groups in total. The lowest BCUT2D eigenvalue weighted by molar-refractivity contribution is -0.296. The monoisotopic (exact) mass is 790 g/mol. The standard InChI is InChI=1S/C31H59N4O17P/c1-32-27(36)3-6-43-9-11-45-13-15-47-17-19-49-21-22-50-20-18-48-16-14-46-12-10-44-8-5-35-24-25(33-34-35)2-7-51-31-30(39)29(38)28(37)26(52-31)4-23-53(40,41)42/h24,26,28-31,37-39H,2-23H2,1H3,(H,32,36)(H2,40,41,42)/t26-,28-,29+,30+,31+/m1/s1. The minimum absolute atomic E-state index is 0.0478. The largest absolute Gasteiger partial charge is 0.388 e. The summed E-state index contributed by atoms with van der Waals surface area (Å²) in [6, 6.07) is 0. The van der Waals surface area contributed by atoms with Crippen LogP contribution in [0.2, 0.25) is 0 Å². The highest BCUT2D eigenvalue weighted by Crippen LogP contribution is 2.37. The molecule has 22 heteroatoms. The van der Waals surface area contributed by atoms with Crippen LogP contribution in [-0.4, -0.2) is 202 Å². The van der Waals surface area contributed by atoms with Gasteiger partial charge < -0.3 is 77.8 Å². The average molecular weight is 791 g/mol. The van der Waals surface area contributed by atoms with Gasteiger partial charge in [0.15, 0.2) is 6.29 Å². The quantitative estimate of drug-likeness (QED) is 0.0311. The van der Waals surface area contributed by atoms with E-state index in [1.54, 1.807) is 17.9 Å². The third-order valence-electron chi connectivity index (χ3n) is 7.42. The maximum atomic E-state index is 11.2. The average Bonchev–Trinajstić information content (AvgIpc) is 3.59. The van der Waals surface area contributed by atoms with Gasteiger partial charge in [0.2, 0.25) is 5.91 Å². The lowest BCUT2D eigenvalue weighted by Crippen LogP contribution is -2.58. The maximum Gasteiger partial charge on any atom is 0.325 e. The molecule has 0 bridgehead atoms. The van der Waals surface area contributed by atoms with Gasteiger partial charge in [0, 0.05) is 26.1 Å². The molecule has 0 unspecified atom stereocenters. The number of nitrogens with one attached hydrogen (secondary N) is 1. The van der Waals surface area contributed by atoms with E-state index >= 15 is 0 Å². The fourth-order valence-electron chi connectivity index (χ4n) is 4.52. The van der Waals surface area contributed by atoms with Crippen molar-refractivity contribution >= 4 is 13.5 Å². The van der Waals surface area contributed by atoms with Crippen molar-refractivity contribution < 1.29 is 81.8 Å². The van der Waals surface area contributed by atoms with Gasteiger partial charge in [-0.25, -0.2) is 4.68 Å². The van der Waals surface area contributed by atoms with Crippen LogP contribution in [0.3, 0.4) is 0 Å². The lowest BCUT2D eigenvalue weighted by Gasteiger charge is -2.40. The molecule has 2 rings (SSSR count). The highest BCUT2D eigenvalue weighted by molar-refractivity contribution is 7.51. The van der Waals surface area contributed by atoms with E-state index in [0.29, 0.717) is 131 Å². The Morgan fingerprint density at radius 2 is 1.21 bits per heavy atom. The molecule has 1 saturated heterocycles. The summed E-state index contributed by atoms with van der Waals surface area (Å²) in [7, 11) is -2.74.